The summed E-state index contributed by atoms with van der Waals surface area (Å²) in [4.78, 5) is 10.6. The van der Waals surface area contributed by atoms with Gasteiger partial charge in [0.15, 0.2) is 0 Å². The standard InChI is InChI=1S/C21H30O4/c22-19-14-16-12-15(6-2-3-7-20(23)24)13-18(16)17(19)8-11-21(25)9-4-1-5-10-21/h6,16-19,22,25H,1-5,7,9-10,12-14H2,(H,23,24)/b15-6-/t16-,17+,18-,19+/m0/s1. The fourth-order valence-corrected chi connectivity index (χ4v) is 4.87. The zero-order chi connectivity index (χ0) is 17.9. The Labute approximate surface area is 150 Å². The van der Waals surface area contributed by atoms with Gasteiger partial charge in [-0.1, -0.05) is 29.9 Å². The van der Waals surface area contributed by atoms with Crippen molar-refractivity contribution < 1.29 is 20.1 Å². The van der Waals surface area contributed by atoms with E-state index in [1.165, 1.54) is 12.0 Å². The highest BCUT2D eigenvalue weighted by Gasteiger charge is 2.45. The van der Waals surface area contributed by atoms with E-state index in [2.05, 4.69) is 17.9 Å². The van der Waals surface area contributed by atoms with Crippen molar-refractivity contribution in [3.63, 3.8) is 0 Å². The van der Waals surface area contributed by atoms with Crippen LogP contribution in [0.15, 0.2) is 11.6 Å². The van der Waals surface area contributed by atoms with E-state index in [0.717, 1.165) is 51.4 Å². The number of aliphatic hydroxyl groups is 2. The number of aliphatic hydroxyl groups excluding tert-OH is 1. The van der Waals surface area contributed by atoms with Crippen LogP contribution in [0.4, 0.5) is 0 Å². The lowest BCUT2D eigenvalue weighted by Gasteiger charge is -2.27. The summed E-state index contributed by atoms with van der Waals surface area (Å²) in [7, 11) is 0. The van der Waals surface area contributed by atoms with Gasteiger partial charge in [0.25, 0.3) is 0 Å². The van der Waals surface area contributed by atoms with Crippen LogP contribution in [0.25, 0.3) is 0 Å². The Hall–Kier alpha value is -1.31. The second-order valence-electron chi connectivity index (χ2n) is 8.17. The quantitative estimate of drug-likeness (QED) is 0.415. The van der Waals surface area contributed by atoms with Crippen LogP contribution in [-0.4, -0.2) is 33.0 Å². The van der Waals surface area contributed by atoms with Gasteiger partial charge in [0.2, 0.25) is 0 Å². The highest BCUT2D eigenvalue weighted by Crippen LogP contribution is 2.50. The topological polar surface area (TPSA) is 77.8 Å². The lowest BCUT2D eigenvalue weighted by Crippen LogP contribution is -2.30. The maximum atomic E-state index is 10.6. The summed E-state index contributed by atoms with van der Waals surface area (Å²) in [6.07, 6.45) is 11.1. The Balaban J connectivity index is 1.59. The van der Waals surface area contributed by atoms with Crippen molar-refractivity contribution in [3.05, 3.63) is 11.6 Å². The van der Waals surface area contributed by atoms with Crippen molar-refractivity contribution in [2.75, 3.05) is 0 Å². The SMILES string of the molecule is O=C(O)CCC/C=C1/C[C@H]2C[C@@H](O)[C@H](C#CC3(O)CCCCC3)[C@H]2C1. The number of carboxylic acid groups (broad SMARTS) is 1. The number of allylic oxidation sites excluding steroid dienone is 2. The minimum atomic E-state index is -0.843. The molecule has 0 spiro atoms. The van der Waals surface area contributed by atoms with Gasteiger partial charge < -0.3 is 15.3 Å². The highest BCUT2D eigenvalue weighted by molar-refractivity contribution is 5.66. The van der Waals surface area contributed by atoms with E-state index >= 15 is 0 Å². The van der Waals surface area contributed by atoms with Crippen molar-refractivity contribution in [3.8, 4) is 11.8 Å². The molecule has 3 N–H and O–H groups in total. The lowest BCUT2D eigenvalue weighted by molar-refractivity contribution is -0.137. The average molecular weight is 346 g/mol. The molecule has 4 nitrogen and oxygen atoms in total. The molecule has 0 aromatic carbocycles. The molecule has 0 bridgehead atoms. The number of hydrogen-bond acceptors (Lipinski definition) is 3. The van der Waals surface area contributed by atoms with E-state index < -0.39 is 11.6 Å². The van der Waals surface area contributed by atoms with Gasteiger partial charge in [0.1, 0.15) is 5.60 Å². The van der Waals surface area contributed by atoms with Crippen LogP contribution in [0.5, 0.6) is 0 Å². The third kappa shape index (κ3) is 4.65. The number of carbonyl (C=O) groups is 1. The monoisotopic (exact) mass is 346 g/mol. The summed E-state index contributed by atoms with van der Waals surface area (Å²) in [6.45, 7) is 0. The molecule has 0 unspecified atom stereocenters. The van der Waals surface area contributed by atoms with Crippen molar-refractivity contribution in [2.45, 2.75) is 82.3 Å². The van der Waals surface area contributed by atoms with Crippen LogP contribution in [0.1, 0.15) is 70.6 Å². The molecule has 0 aromatic heterocycles. The van der Waals surface area contributed by atoms with Crippen LogP contribution in [0.2, 0.25) is 0 Å². The summed E-state index contributed by atoms with van der Waals surface area (Å²) in [5.41, 5.74) is 0.555. The van der Waals surface area contributed by atoms with E-state index in [-0.39, 0.29) is 18.4 Å². The first-order valence-corrected chi connectivity index (χ1v) is 9.80. The summed E-state index contributed by atoms with van der Waals surface area (Å²) in [5.74, 6) is 6.50. The Bertz CT molecular complexity index is 576. The number of fused-ring (bicyclic) bond motifs is 1. The number of aliphatic carboxylic acids is 1. The van der Waals surface area contributed by atoms with E-state index in [4.69, 9.17) is 5.11 Å². The van der Waals surface area contributed by atoms with E-state index in [1.807, 2.05) is 0 Å². The number of hydrogen-bond donors (Lipinski definition) is 3. The fraction of sp³-hybridized carbons (Fsp3) is 0.762. The zero-order valence-corrected chi connectivity index (χ0v) is 14.9. The Morgan fingerprint density at radius 3 is 2.72 bits per heavy atom. The molecule has 0 aromatic rings. The summed E-state index contributed by atoms with van der Waals surface area (Å²) >= 11 is 0. The van der Waals surface area contributed by atoms with Gasteiger partial charge in [0, 0.05) is 12.3 Å². The molecule has 0 amide bonds. The predicted molar refractivity (Wildman–Crippen MR) is 95.7 cm³/mol. The second kappa shape index (κ2) is 7.93. The minimum Gasteiger partial charge on any atom is -0.481 e. The lowest BCUT2D eigenvalue weighted by atomic mass is 9.84. The fourth-order valence-electron chi connectivity index (χ4n) is 4.87. The first-order chi connectivity index (χ1) is 12.0. The number of carboxylic acids is 1. The molecule has 4 atom stereocenters. The Kier molecular flexibility index (Phi) is 5.86. The normalized spacial score (nSPS) is 35.2. The van der Waals surface area contributed by atoms with E-state index in [0.29, 0.717) is 18.3 Å². The molecule has 0 radical (unpaired) electrons. The molecule has 3 saturated carbocycles. The molecule has 3 aliphatic carbocycles. The van der Waals surface area contributed by atoms with Crippen LogP contribution >= 0.6 is 0 Å². The maximum absolute atomic E-state index is 10.6. The minimum absolute atomic E-state index is 0.0270. The smallest absolute Gasteiger partial charge is 0.303 e. The summed E-state index contributed by atoms with van der Waals surface area (Å²) < 4.78 is 0. The van der Waals surface area contributed by atoms with Gasteiger partial charge in [0.05, 0.1) is 6.10 Å². The predicted octanol–water partition coefficient (Wildman–Crippen LogP) is 3.27. The van der Waals surface area contributed by atoms with E-state index in [1.54, 1.807) is 0 Å². The molecule has 0 heterocycles. The van der Waals surface area contributed by atoms with Crippen LogP contribution in [0.3, 0.4) is 0 Å². The van der Waals surface area contributed by atoms with Gasteiger partial charge in [-0.25, -0.2) is 0 Å². The summed E-state index contributed by atoms with van der Waals surface area (Å²) in [6, 6.07) is 0. The summed E-state index contributed by atoms with van der Waals surface area (Å²) in [5, 5.41) is 29.7. The van der Waals surface area contributed by atoms with Gasteiger partial charge >= 0.3 is 5.97 Å². The molecule has 0 saturated heterocycles. The second-order valence-corrected chi connectivity index (χ2v) is 8.17. The largest absolute Gasteiger partial charge is 0.481 e. The molecule has 3 aliphatic rings. The molecule has 4 heteroatoms. The maximum Gasteiger partial charge on any atom is 0.303 e. The van der Waals surface area contributed by atoms with Crippen molar-refractivity contribution >= 4 is 5.97 Å². The van der Waals surface area contributed by atoms with Crippen LogP contribution < -0.4 is 0 Å². The highest BCUT2D eigenvalue weighted by atomic mass is 16.4. The average Bonchev–Trinajstić information content (AvgIpc) is 3.07. The van der Waals surface area contributed by atoms with Crippen LogP contribution in [-0.2, 0) is 4.79 Å². The molecular formula is C21H30O4. The van der Waals surface area contributed by atoms with Crippen LogP contribution in [0, 0.1) is 29.6 Å². The zero-order valence-electron chi connectivity index (χ0n) is 14.9. The molecule has 3 fully saturated rings. The Morgan fingerprint density at radius 1 is 1.24 bits per heavy atom. The number of unbranched alkanes of at least 4 members (excludes halogenated alkanes) is 1. The van der Waals surface area contributed by atoms with Crippen molar-refractivity contribution in [1.29, 1.82) is 0 Å². The first-order valence-electron chi connectivity index (χ1n) is 9.80. The van der Waals surface area contributed by atoms with Gasteiger partial charge in [-0.3, -0.25) is 4.79 Å². The molecule has 138 valence electrons. The first kappa shape index (κ1) is 18.5. The van der Waals surface area contributed by atoms with Gasteiger partial charge in [-0.15, -0.1) is 0 Å². The molecule has 0 aliphatic heterocycles. The molecule has 3 rings (SSSR count). The van der Waals surface area contributed by atoms with Crippen molar-refractivity contribution in [2.24, 2.45) is 17.8 Å². The van der Waals surface area contributed by atoms with Gasteiger partial charge in [-0.2, -0.15) is 0 Å². The molecular weight excluding hydrogens is 316 g/mol. The third-order valence-electron chi connectivity index (χ3n) is 6.23. The van der Waals surface area contributed by atoms with Crippen molar-refractivity contribution in [1.82, 2.24) is 0 Å². The molecule has 25 heavy (non-hydrogen) atoms. The Morgan fingerprint density at radius 2 is 2.00 bits per heavy atom. The van der Waals surface area contributed by atoms with Gasteiger partial charge in [-0.05, 0) is 69.6 Å². The number of rotatable bonds is 4. The van der Waals surface area contributed by atoms with E-state index in [9.17, 15) is 15.0 Å². The third-order valence-corrected chi connectivity index (χ3v) is 6.23.